The van der Waals surface area contributed by atoms with Crippen LogP contribution in [0.25, 0.3) is 42.5 Å². The molecule has 2 heterocycles. The van der Waals surface area contributed by atoms with Crippen LogP contribution in [0.4, 0.5) is 0 Å². The van der Waals surface area contributed by atoms with E-state index in [1.54, 1.807) is 31.3 Å². The van der Waals surface area contributed by atoms with E-state index in [2.05, 4.69) is 29.0 Å². The SMILES string of the molecule is CC(C)C(NS(=O)(=O)c1ccc2c(c1)oc1ccc(-c3cc4ccccc4s3)cc12)C(=O)O. The number of hydrogen-bond acceptors (Lipinski definition) is 5. The summed E-state index contributed by atoms with van der Waals surface area (Å²) in [4.78, 5) is 12.5. The first kappa shape index (κ1) is 21.6. The summed E-state index contributed by atoms with van der Waals surface area (Å²) in [5, 5.41) is 12.2. The Hall–Kier alpha value is -3.20. The molecule has 33 heavy (non-hydrogen) atoms. The Kier molecular flexibility index (Phi) is 5.23. The van der Waals surface area contributed by atoms with E-state index in [0.29, 0.717) is 11.2 Å². The van der Waals surface area contributed by atoms with Crippen molar-refractivity contribution in [3.63, 3.8) is 0 Å². The molecule has 0 radical (unpaired) electrons. The molecule has 6 nitrogen and oxygen atoms in total. The fraction of sp³-hybridized carbons (Fsp3) is 0.160. The average molecular weight is 480 g/mol. The summed E-state index contributed by atoms with van der Waals surface area (Å²) in [6.45, 7) is 3.30. The number of rotatable bonds is 6. The summed E-state index contributed by atoms with van der Waals surface area (Å²) in [5.74, 6) is -1.62. The molecule has 8 heteroatoms. The van der Waals surface area contributed by atoms with Crippen LogP contribution in [0, 0.1) is 5.92 Å². The molecule has 0 saturated heterocycles. The predicted molar refractivity (Wildman–Crippen MR) is 131 cm³/mol. The highest BCUT2D eigenvalue weighted by atomic mass is 32.2. The zero-order valence-corrected chi connectivity index (χ0v) is 19.5. The molecule has 0 saturated carbocycles. The summed E-state index contributed by atoms with van der Waals surface area (Å²) < 4.78 is 35.1. The van der Waals surface area contributed by atoms with E-state index in [-0.39, 0.29) is 4.90 Å². The number of carboxylic acid groups (broad SMARTS) is 1. The van der Waals surface area contributed by atoms with Gasteiger partial charge in [-0.1, -0.05) is 32.0 Å². The van der Waals surface area contributed by atoms with Crippen molar-refractivity contribution in [3.05, 3.63) is 66.7 Å². The molecule has 0 spiro atoms. The maximum Gasteiger partial charge on any atom is 0.322 e. The maximum absolute atomic E-state index is 12.8. The van der Waals surface area contributed by atoms with Gasteiger partial charge >= 0.3 is 5.97 Å². The Balaban J connectivity index is 1.55. The number of nitrogens with one attached hydrogen (secondary N) is 1. The van der Waals surface area contributed by atoms with Gasteiger partial charge < -0.3 is 9.52 Å². The van der Waals surface area contributed by atoms with Gasteiger partial charge in [-0.25, -0.2) is 8.42 Å². The summed E-state index contributed by atoms with van der Waals surface area (Å²) in [7, 11) is -4.03. The molecule has 1 unspecified atom stereocenters. The Morgan fingerprint density at radius 2 is 1.76 bits per heavy atom. The second-order valence-corrected chi connectivity index (χ2v) is 11.1. The molecule has 5 rings (SSSR count). The van der Waals surface area contributed by atoms with Crippen molar-refractivity contribution in [1.29, 1.82) is 0 Å². The lowest BCUT2D eigenvalue weighted by molar-refractivity contribution is -0.140. The van der Waals surface area contributed by atoms with Crippen LogP contribution in [0.15, 0.2) is 76.0 Å². The van der Waals surface area contributed by atoms with Gasteiger partial charge in [0.05, 0.1) is 4.90 Å². The average Bonchev–Trinajstić information content (AvgIpc) is 3.37. The molecule has 0 aliphatic heterocycles. The first-order chi connectivity index (χ1) is 15.7. The lowest BCUT2D eigenvalue weighted by atomic mass is 10.1. The zero-order chi connectivity index (χ0) is 23.3. The van der Waals surface area contributed by atoms with Crippen LogP contribution in [0.3, 0.4) is 0 Å². The van der Waals surface area contributed by atoms with Crippen molar-refractivity contribution >= 4 is 59.4 Å². The van der Waals surface area contributed by atoms with Crippen molar-refractivity contribution in [2.24, 2.45) is 5.92 Å². The standard InChI is InChI=1S/C25H21NO5S2/c1-14(2)24(25(27)28)26-33(29,30)17-8-9-18-19-11-16(7-10-20(19)31-21(18)13-17)23-12-15-5-3-4-6-22(15)32-23/h3-14,24,26H,1-2H3,(H,27,28). The number of fused-ring (bicyclic) bond motifs is 4. The van der Waals surface area contributed by atoms with Crippen LogP contribution < -0.4 is 4.72 Å². The molecule has 0 bridgehead atoms. The zero-order valence-electron chi connectivity index (χ0n) is 17.9. The maximum atomic E-state index is 12.8. The number of carbonyl (C=O) groups is 1. The number of furan rings is 1. The van der Waals surface area contributed by atoms with Crippen molar-refractivity contribution in [2.75, 3.05) is 0 Å². The Morgan fingerprint density at radius 3 is 2.48 bits per heavy atom. The molecule has 0 amide bonds. The van der Waals surface area contributed by atoms with E-state index in [4.69, 9.17) is 4.42 Å². The van der Waals surface area contributed by atoms with E-state index in [1.165, 1.54) is 22.2 Å². The van der Waals surface area contributed by atoms with E-state index >= 15 is 0 Å². The number of thiophene rings is 1. The number of aliphatic carboxylic acids is 1. The third-order valence-electron chi connectivity index (χ3n) is 5.68. The lowest BCUT2D eigenvalue weighted by Gasteiger charge is -2.17. The highest BCUT2D eigenvalue weighted by Gasteiger charge is 2.28. The van der Waals surface area contributed by atoms with Crippen LogP contribution in [0.5, 0.6) is 0 Å². The summed E-state index contributed by atoms with van der Waals surface area (Å²) in [6.07, 6.45) is 0. The largest absolute Gasteiger partial charge is 0.480 e. The van der Waals surface area contributed by atoms with Crippen LogP contribution in [0.2, 0.25) is 0 Å². The molecule has 2 N–H and O–H groups in total. The Bertz CT molecular complexity index is 1600. The van der Waals surface area contributed by atoms with E-state index in [1.807, 2.05) is 24.3 Å². The lowest BCUT2D eigenvalue weighted by Crippen LogP contribution is -2.44. The molecule has 0 aliphatic carbocycles. The fourth-order valence-electron chi connectivity index (χ4n) is 3.91. The molecule has 5 aromatic rings. The van der Waals surface area contributed by atoms with Gasteiger partial charge in [0.15, 0.2) is 0 Å². The summed E-state index contributed by atoms with van der Waals surface area (Å²) in [6, 6.07) is 19.7. The number of hydrogen-bond donors (Lipinski definition) is 2. The second-order valence-electron chi connectivity index (χ2n) is 8.30. The second kappa shape index (κ2) is 7.98. The Morgan fingerprint density at radius 1 is 0.970 bits per heavy atom. The summed E-state index contributed by atoms with van der Waals surface area (Å²) >= 11 is 1.72. The molecule has 168 valence electrons. The highest BCUT2D eigenvalue weighted by Crippen LogP contribution is 2.37. The van der Waals surface area contributed by atoms with Gasteiger partial charge in [-0.15, -0.1) is 11.3 Å². The van der Waals surface area contributed by atoms with Gasteiger partial charge in [0, 0.05) is 26.4 Å². The van der Waals surface area contributed by atoms with Crippen LogP contribution in [-0.4, -0.2) is 25.5 Å². The molecule has 1 atom stereocenters. The molecule has 0 aliphatic rings. The minimum absolute atomic E-state index is 0.0364. The molecule has 2 aromatic heterocycles. The number of carboxylic acids is 1. The summed E-state index contributed by atoms with van der Waals surface area (Å²) in [5.41, 5.74) is 2.15. The quantitative estimate of drug-likeness (QED) is 0.318. The van der Waals surface area contributed by atoms with Gasteiger partial charge in [0.2, 0.25) is 10.0 Å². The van der Waals surface area contributed by atoms with Crippen molar-refractivity contribution in [1.82, 2.24) is 4.72 Å². The number of sulfonamides is 1. The minimum atomic E-state index is -4.03. The number of benzene rings is 3. The molecule has 0 fully saturated rings. The molecular weight excluding hydrogens is 458 g/mol. The Labute approximate surface area is 194 Å². The van der Waals surface area contributed by atoms with Crippen molar-refractivity contribution in [2.45, 2.75) is 24.8 Å². The van der Waals surface area contributed by atoms with Gasteiger partial charge in [0.1, 0.15) is 17.2 Å². The van der Waals surface area contributed by atoms with Crippen molar-refractivity contribution < 1.29 is 22.7 Å². The topological polar surface area (TPSA) is 96.6 Å². The third kappa shape index (κ3) is 3.90. The van der Waals surface area contributed by atoms with Crippen molar-refractivity contribution in [3.8, 4) is 10.4 Å². The van der Waals surface area contributed by atoms with Gasteiger partial charge in [0.25, 0.3) is 0 Å². The highest BCUT2D eigenvalue weighted by molar-refractivity contribution is 7.89. The van der Waals surface area contributed by atoms with Crippen LogP contribution in [0.1, 0.15) is 13.8 Å². The fourth-order valence-corrected chi connectivity index (χ4v) is 6.32. The third-order valence-corrected chi connectivity index (χ3v) is 8.28. The van der Waals surface area contributed by atoms with E-state index in [0.717, 1.165) is 21.2 Å². The smallest absolute Gasteiger partial charge is 0.322 e. The first-order valence-corrected chi connectivity index (χ1v) is 12.7. The van der Waals surface area contributed by atoms with Crippen LogP contribution in [-0.2, 0) is 14.8 Å². The first-order valence-electron chi connectivity index (χ1n) is 10.4. The minimum Gasteiger partial charge on any atom is -0.480 e. The predicted octanol–water partition coefficient (Wildman–Crippen LogP) is 5.86. The van der Waals surface area contributed by atoms with Crippen LogP contribution >= 0.6 is 11.3 Å². The van der Waals surface area contributed by atoms with E-state index in [9.17, 15) is 18.3 Å². The monoisotopic (exact) mass is 479 g/mol. The normalized spacial score (nSPS) is 13.3. The molecule has 3 aromatic carbocycles. The van der Waals surface area contributed by atoms with Gasteiger partial charge in [-0.2, -0.15) is 4.72 Å². The van der Waals surface area contributed by atoms with Gasteiger partial charge in [-0.3, -0.25) is 4.79 Å². The van der Waals surface area contributed by atoms with E-state index < -0.39 is 28.0 Å². The van der Waals surface area contributed by atoms with Gasteiger partial charge in [-0.05, 0) is 59.3 Å². The molecular formula is C25H21NO5S2.